The van der Waals surface area contributed by atoms with Crippen LogP contribution in [0.5, 0.6) is 0 Å². The molecular formula is C42H26O. The van der Waals surface area contributed by atoms with Gasteiger partial charge >= 0.3 is 0 Å². The second-order valence-electron chi connectivity index (χ2n) is 11.2. The first-order valence-corrected chi connectivity index (χ1v) is 14.8. The van der Waals surface area contributed by atoms with Gasteiger partial charge in [0.25, 0.3) is 0 Å². The van der Waals surface area contributed by atoms with Gasteiger partial charge in [-0.25, -0.2) is 0 Å². The van der Waals surface area contributed by atoms with Crippen LogP contribution in [0.3, 0.4) is 0 Å². The molecule has 1 aromatic heterocycles. The highest BCUT2D eigenvalue weighted by molar-refractivity contribution is 6.25. The maximum Gasteiger partial charge on any atom is 0.135 e. The molecule has 9 rings (SSSR count). The summed E-state index contributed by atoms with van der Waals surface area (Å²) in [6.07, 6.45) is 0. The van der Waals surface area contributed by atoms with E-state index in [2.05, 4.69) is 146 Å². The maximum absolute atomic E-state index is 6.19. The van der Waals surface area contributed by atoms with Crippen LogP contribution in [0.4, 0.5) is 0 Å². The summed E-state index contributed by atoms with van der Waals surface area (Å²) >= 11 is 0. The molecule has 0 bridgehead atoms. The van der Waals surface area contributed by atoms with E-state index in [1.165, 1.54) is 65.7 Å². The summed E-state index contributed by atoms with van der Waals surface area (Å²) in [5.74, 6) is 0. The molecule has 0 aliphatic carbocycles. The fourth-order valence-corrected chi connectivity index (χ4v) is 6.99. The van der Waals surface area contributed by atoms with Crippen molar-refractivity contribution in [1.29, 1.82) is 0 Å². The van der Waals surface area contributed by atoms with Gasteiger partial charge in [-0.05, 0) is 83.9 Å². The lowest BCUT2D eigenvalue weighted by atomic mass is 9.82. The van der Waals surface area contributed by atoms with Crippen LogP contribution < -0.4 is 0 Å². The molecular weight excluding hydrogens is 520 g/mol. The minimum atomic E-state index is 0.915. The van der Waals surface area contributed by atoms with E-state index in [4.69, 9.17) is 4.42 Å². The first kappa shape index (κ1) is 24.0. The molecule has 0 spiro atoms. The summed E-state index contributed by atoms with van der Waals surface area (Å²) < 4.78 is 6.19. The van der Waals surface area contributed by atoms with Crippen molar-refractivity contribution >= 4 is 54.3 Å². The minimum absolute atomic E-state index is 0.915. The Labute approximate surface area is 249 Å². The van der Waals surface area contributed by atoms with Gasteiger partial charge in [-0.15, -0.1) is 0 Å². The molecule has 0 N–H and O–H groups in total. The van der Waals surface area contributed by atoms with Crippen molar-refractivity contribution in [2.75, 3.05) is 0 Å². The van der Waals surface area contributed by atoms with Crippen molar-refractivity contribution in [3.8, 4) is 33.4 Å². The van der Waals surface area contributed by atoms with Crippen LogP contribution in [0.15, 0.2) is 162 Å². The van der Waals surface area contributed by atoms with E-state index < -0.39 is 0 Å². The van der Waals surface area contributed by atoms with Crippen molar-refractivity contribution in [3.05, 3.63) is 158 Å². The van der Waals surface area contributed by atoms with Gasteiger partial charge in [-0.2, -0.15) is 0 Å². The Balaban J connectivity index is 1.44. The van der Waals surface area contributed by atoms with Gasteiger partial charge in [0.15, 0.2) is 0 Å². The Morgan fingerprint density at radius 3 is 1.58 bits per heavy atom. The molecule has 0 aliphatic rings. The lowest BCUT2D eigenvalue weighted by Crippen LogP contribution is -1.94. The van der Waals surface area contributed by atoms with Gasteiger partial charge in [0.1, 0.15) is 11.2 Å². The largest absolute Gasteiger partial charge is 0.456 e. The topological polar surface area (TPSA) is 13.1 Å². The molecule has 43 heavy (non-hydrogen) atoms. The number of benzene rings is 8. The molecule has 0 atom stereocenters. The van der Waals surface area contributed by atoms with Crippen LogP contribution in [0.1, 0.15) is 0 Å². The van der Waals surface area contributed by atoms with Crippen molar-refractivity contribution in [3.63, 3.8) is 0 Å². The first-order valence-electron chi connectivity index (χ1n) is 14.8. The molecule has 1 heterocycles. The Bertz CT molecular complexity index is 2440. The van der Waals surface area contributed by atoms with Crippen LogP contribution in [0.25, 0.3) is 87.6 Å². The van der Waals surface area contributed by atoms with E-state index in [1.807, 2.05) is 12.1 Å². The normalized spacial score (nSPS) is 11.7. The molecule has 0 radical (unpaired) electrons. The molecule has 0 saturated heterocycles. The summed E-state index contributed by atoms with van der Waals surface area (Å²) in [7, 11) is 0. The number of para-hydroxylation sites is 1. The molecule has 1 nitrogen and oxygen atoms in total. The highest BCUT2D eigenvalue weighted by atomic mass is 16.3. The van der Waals surface area contributed by atoms with Crippen molar-refractivity contribution in [2.45, 2.75) is 0 Å². The third-order valence-electron chi connectivity index (χ3n) is 8.86. The Hall–Kier alpha value is -5.66. The average molecular weight is 547 g/mol. The zero-order valence-corrected chi connectivity index (χ0v) is 23.4. The lowest BCUT2D eigenvalue weighted by Gasteiger charge is -2.21. The number of hydrogen-bond acceptors (Lipinski definition) is 1. The van der Waals surface area contributed by atoms with Crippen molar-refractivity contribution in [2.24, 2.45) is 0 Å². The van der Waals surface area contributed by atoms with Crippen molar-refractivity contribution < 1.29 is 4.42 Å². The van der Waals surface area contributed by atoms with Crippen molar-refractivity contribution in [1.82, 2.24) is 0 Å². The average Bonchev–Trinajstić information content (AvgIpc) is 3.45. The van der Waals surface area contributed by atoms with E-state index in [0.29, 0.717) is 0 Å². The first-order chi connectivity index (χ1) is 21.3. The summed E-state index contributed by atoms with van der Waals surface area (Å²) in [6.45, 7) is 0. The van der Waals surface area contributed by atoms with Gasteiger partial charge in [0.05, 0.1) is 0 Å². The van der Waals surface area contributed by atoms with Crippen LogP contribution in [0.2, 0.25) is 0 Å². The summed E-state index contributed by atoms with van der Waals surface area (Å²) in [4.78, 5) is 0. The Morgan fingerprint density at radius 2 is 0.860 bits per heavy atom. The van der Waals surface area contributed by atoms with E-state index in [1.54, 1.807) is 0 Å². The fourth-order valence-electron chi connectivity index (χ4n) is 6.99. The highest BCUT2D eigenvalue weighted by Crippen LogP contribution is 2.48. The fraction of sp³-hybridized carbons (Fsp3) is 0. The molecule has 0 aliphatic heterocycles. The second kappa shape index (κ2) is 9.44. The molecule has 0 unspecified atom stereocenters. The molecule has 8 aromatic carbocycles. The molecule has 1 heteroatoms. The molecule has 0 amide bonds. The van der Waals surface area contributed by atoms with Gasteiger partial charge < -0.3 is 4.42 Å². The van der Waals surface area contributed by atoms with Crippen LogP contribution in [0, 0.1) is 0 Å². The number of fused-ring (bicyclic) bond motifs is 6. The Morgan fingerprint density at radius 1 is 0.302 bits per heavy atom. The Kier molecular flexibility index (Phi) is 5.27. The molecule has 200 valence electrons. The van der Waals surface area contributed by atoms with Gasteiger partial charge in [0.2, 0.25) is 0 Å². The zero-order valence-electron chi connectivity index (χ0n) is 23.4. The number of rotatable bonds is 3. The van der Waals surface area contributed by atoms with E-state index >= 15 is 0 Å². The quantitative estimate of drug-likeness (QED) is 0.201. The smallest absolute Gasteiger partial charge is 0.135 e. The summed E-state index contributed by atoms with van der Waals surface area (Å²) in [6, 6.07) is 56.9. The van der Waals surface area contributed by atoms with Crippen LogP contribution in [-0.4, -0.2) is 0 Å². The van der Waals surface area contributed by atoms with Gasteiger partial charge in [-0.3, -0.25) is 0 Å². The molecule has 0 saturated carbocycles. The summed E-state index contributed by atoms with van der Waals surface area (Å²) in [5.41, 5.74) is 9.30. The monoisotopic (exact) mass is 546 g/mol. The minimum Gasteiger partial charge on any atom is -0.456 e. The second-order valence-corrected chi connectivity index (χ2v) is 11.2. The molecule has 9 aromatic rings. The number of furan rings is 1. The van der Waals surface area contributed by atoms with Crippen LogP contribution in [-0.2, 0) is 0 Å². The van der Waals surface area contributed by atoms with Gasteiger partial charge in [0, 0.05) is 10.8 Å². The predicted octanol–water partition coefficient (Wildman–Crippen LogP) is 12.0. The summed E-state index contributed by atoms with van der Waals surface area (Å²) in [5, 5.41) is 9.79. The SMILES string of the molecule is c1ccc(-c2ccc3ccccc3c2-c2c3ccccc3c(-c3ccc4oc5ccccc5c4c3)c3ccccc23)cc1. The number of hydrogen-bond donors (Lipinski definition) is 0. The maximum atomic E-state index is 6.19. The van der Waals surface area contributed by atoms with E-state index in [9.17, 15) is 0 Å². The molecule has 0 fully saturated rings. The highest BCUT2D eigenvalue weighted by Gasteiger charge is 2.21. The standard InChI is InChI=1S/C42H26O/c1-2-12-27(13-3-1)31-24-22-28-14-4-5-15-30(28)41(31)42-35-19-8-6-17-33(35)40(34-18-7-9-20-36(34)42)29-23-25-39-37(26-29)32-16-10-11-21-38(32)43-39/h1-26H. The predicted molar refractivity (Wildman–Crippen MR) is 183 cm³/mol. The van der Waals surface area contributed by atoms with E-state index in [-0.39, 0.29) is 0 Å². The lowest BCUT2D eigenvalue weighted by molar-refractivity contribution is 0.669. The van der Waals surface area contributed by atoms with E-state index in [0.717, 1.165) is 21.9 Å². The van der Waals surface area contributed by atoms with Crippen LogP contribution >= 0.6 is 0 Å². The third-order valence-corrected chi connectivity index (χ3v) is 8.86. The third kappa shape index (κ3) is 3.65. The zero-order chi connectivity index (χ0) is 28.3. The van der Waals surface area contributed by atoms with Gasteiger partial charge in [-0.1, -0.05) is 140 Å².